The van der Waals surface area contributed by atoms with Gasteiger partial charge in [-0.3, -0.25) is 4.79 Å². The van der Waals surface area contributed by atoms with Gasteiger partial charge >= 0.3 is 12.0 Å². The van der Waals surface area contributed by atoms with Crippen molar-refractivity contribution in [1.29, 1.82) is 0 Å². The Morgan fingerprint density at radius 1 is 1.09 bits per heavy atom. The minimum absolute atomic E-state index is 0.0171. The third-order valence-corrected chi connectivity index (χ3v) is 3.22. The van der Waals surface area contributed by atoms with Crippen molar-refractivity contribution in [3.05, 3.63) is 12.7 Å². The van der Waals surface area contributed by atoms with E-state index in [1.807, 2.05) is 20.8 Å². The van der Waals surface area contributed by atoms with E-state index in [-0.39, 0.29) is 30.5 Å². The van der Waals surface area contributed by atoms with Crippen LogP contribution in [0.2, 0.25) is 0 Å². The highest BCUT2D eigenvalue weighted by molar-refractivity contribution is 5.81. The summed E-state index contributed by atoms with van der Waals surface area (Å²) in [7, 11) is 0. The zero-order chi connectivity index (χ0) is 17.0. The Kier molecular flexibility index (Phi) is 9.65. The zero-order valence-corrected chi connectivity index (χ0v) is 13.7. The largest absolute Gasteiger partial charge is 0.461 e. The molecule has 0 aromatic rings. The molecular formula is C15H27N3O4. The van der Waals surface area contributed by atoms with E-state index in [0.29, 0.717) is 19.5 Å². The highest BCUT2D eigenvalue weighted by Gasteiger charge is 2.24. The van der Waals surface area contributed by atoms with Crippen molar-refractivity contribution in [1.82, 2.24) is 16.0 Å². The van der Waals surface area contributed by atoms with Crippen molar-refractivity contribution in [2.75, 3.05) is 26.2 Å². The lowest BCUT2D eigenvalue weighted by Crippen LogP contribution is -2.40. The number of hydrogen-bond acceptors (Lipinski definition) is 4. The van der Waals surface area contributed by atoms with E-state index < -0.39 is 5.97 Å². The molecule has 0 aliphatic rings. The van der Waals surface area contributed by atoms with Gasteiger partial charge in [0.15, 0.2) is 0 Å². The van der Waals surface area contributed by atoms with Crippen LogP contribution in [0.5, 0.6) is 0 Å². The summed E-state index contributed by atoms with van der Waals surface area (Å²) in [5.74, 6) is -0.503. The summed E-state index contributed by atoms with van der Waals surface area (Å²) in [5, 5.41) is 8.04. The smallest absolute Gasteiger partial charge is 0.330 e. The number of amides is 3. The molecule has 0 fully saturated rings. The first-order valence-corrected chi connectivity index (χ1v) is 7.42. The van der Waals surface area contributed by atoms with Crippen molar-refractivity contribution < 1.29 is 19.1 Å². The van der Waals surface area contributed by atoms with E-state index in [4.69, 9.17) is 4.74 Å². The average Bonchev–Trinajstić information content (AvgIpc) is 2.50. The number of hydrogen-bond donors (Lipinski definition) is 3. The van der Waals surface area contributed by atoms with Gasteiger partial charge in [0.25, 0.3) is 0 Å². The second-order valence-electron chi connectivity index (χ2n) is 5.40. The third kappa shape index (κ3) is 8.99. The molecule has 0 aliphatic heterocycles. The van der Waals surface area contributed by atoms with Gasteiger partial charge in [0.2, 0.25) is 5.91 Å². The number of carbonyl (C=O) groups is 3. The number of rotatable bonds is 10. The van der Waals surface area contributed by atoms with Crippen LogP contribution in [0.3, 0.4) is 0 Å². The summed E-state index contributed by atoms with van der Waals surface area (Å²) >= 11 is 0. The molecule has 0 radical (unpaired) electrons. The van der Waals surface area contributed by atoms with Crippen molar-refractivity contribution in [2.45, 2.75) is 33.6 Å². The topological polar surface area (TPSA) is 96.5 Å². The highest BCUT2D eigenvalue weighted by atomic mass is 16.5. The molecule has 0 rings (SSSR count). The molecule has 0 saturated carbocycles. The Bertz CT molecular complexity index is 394. The predicted octanol–water partition coefficient (Wildman–Crippen LogP) is 0.957. The SMILES string of the molecule is C=CC(=O)OCCNC(=O)NCCCNC(=O)C(C)(C)CC. The first-order chi connectivity index (χ1) is 10.3. The summed E-state index contributed by atoms with van der Waals surface area (Å²) in [5.41, 5.74) is -0.367. The van der Waals surface area contributed by atoms with Gasteiger partial charge in [-0.05, 0) is 12.8 Å². The molecule has 0 saturated heterocycles. The van der Waals surface area contributed by atoms with Crippen LogP contribution in [0.15, 0.2) is 12.7 Å². The van der Waals surface area contributed by atoms with Gasteiger partial charge in [-0.15, -0.1) is 0 Å². The number of nitrogens with one attached hydrogen (secondary N) is 3. The number of urea groups is 1. The van der Waals surface area contributed by atoms with Crippen LogP contribution < -0.4 is 16.0 Å². The molecule has 0 atom stereocenters. The van der Waals surface area contributed by atoms with Gasteiger partial charge in [-0.2, -0.15) is 0 Å². The summed E-state index contributed by atoms with van der Waals surface area (Å²) in [6.07, 6.45) is 2.48. The number of esters is 1. The second kappa shape index (κ2) is 10.6. The fourth-order valence-corrected chi connectivity index (χ4v) is 1.33. The van der Waals surface area contributed by atoms with E-state index in [1.54, 1.807) is 0 Å². The Balaban J connectivity index is 3.59. The van der Waals surface area contributed by atoms with E-state index in [2.05, 4.69) is 22.5 Å². The first-order valence-electron chi connectivity index (χ1n) is 7.42. The first kappa shape index (κ1) is 19.9. The summed E-state index contributed by atoms with van der Waals surface area (Å²) in [6, 6.07) is -0.338. The normalized spacial score (nSPS) is 10.5. The minimum atomic E-state index is -0.520. The van der Waals surface area contributed by atoms with Crippen molar-refractivity contribution >= 4 is 17.9 Å². The lowest BCUT2D eigenvalue weighted by molar-refractivity contribution is -0.137. The average molecular weight is 313 g/mol. The molecule has 0 spiro atoms. The molecule has 0 aliphatic carbocycles. The minimum Gasteiger partial charge on any atom is -0.461 e. The van der Waals surface area contributed by atoms with E-state index >= 15 is 0 Å². The van der Waals surface area contributed by atoms with Crippen LogP contribution in [0.1, 0.15) is 33.6 Å². The molecular weight excluding hydrogens is 286 g/mol. The Labute approximate surface area is 131 Å². The molecule has 3 amide bonds. The molecule has 22 heavy (non-hydrogen) atoms. The van der Waals surface area contributed by atoms with E-state index in [1.165, 1.54) is 0 Å². The molecule has 126 valence electrons. The quantitative estimate of drug-likeness (QED) is 0.318. The van der Waals surface area contributed by atoms with Gasteiger partial charge in [-0.1, -0.05) is 27.4 Å². The monoisotopic (exact) mass is 313 g/mol. The lowest BCUT2D eigenvalue weighted by Gasteiger charge is -2.21. The molecule has 3 N–H and O–H groups in total. The van der Waals surface area contributed by atoms with Gasteiger partial charge in [0, 0.05) is 24.6 Å². The van der Waals surface area contributed by atoms with Crippen molar-refractivity contribution in [3.63, 3.8) is 0 Å². The molecule has 7 heteroatoms. The Morgan fingerprint density at radius 3 is 2.27 bits per heavy atom. The van der Waals surface area contributed by atoms with Gasteiger partial charge in [0.1, 0.15) is 6.61 Å². The van der Waals surface area contributed by atoms with E-state index in [0.717, 1.165) is 12.5 Å². The Hall–Kier alpha value is -2.05. The van der Waals surface area contributed by atoms with Gasteiger partial charge in [-0.25, -0.2) is 9.59 Å². The number of carbonyl (C=O) groups excluding carboxylic acids is 3. The maximum atomic E-state index is 11.8. The Morgan fingerprint density at radius 2 is 1.68 bits per heavy atom. The maximum absolute atomic E-state index is 11.8. The lowest BCUT2D eigenvalue weighted by atomic mass is 9.89. The molecule has 0 heterocycles. The third-order valence-electron chi connectivity index (χ3n) is 3.22. The van der Waals surface area contributed by atoms with Crippen LogP contribution in [0, 0.1) is 5.41 Å². The van der Waals surface area contributed by atoms with Gasteiger partial charge < -0.3 is 20.7 Å². The van der Waals surface area contributed by atoms with Crippen LogP contribution in [0.4, 0.5) is 4.79 Å². The highest BCUT2D eigenvalue weighted by Crippen LogP contribution is 2.19. The molecule has 0 unspecified atom stereocenters. The molecule has 7 nitrogen and oxygen atoms in total. The molecule has 0 aromatic carbocycles. The van der Waals surface area contributed by atoms with Crippen LogP contribution in [-0.4, -0.2) is 44.1 Å². The standard InChI is InChI=1S/C15H27N3O4/c1-5-12(19)22-11-10-18-14(21)17-9-7-8-16-13(20)15(3,4)6-2/h5H,1,6-11H2,2-4H3,(H,16,20)(H2,17,18,21). The summed E-state index contributed by atoms with van der Waals surface area (Å²) in [4.78, 5) is 33.9. The maximum Gasteiger partial charge on any atom is 0.330 e. The second-order valence-corrected chi connectivity index (χ2v) is 5.40. The van der Waals surface area contributed by atoms with Gasteiger partial charge in [0.05, 0.1) is 6.54 Å². The van der Waals surface area contributed by atoms with Crippen molar-refractivity contribution in [2.24, 2.45) is 5.41 Å². The van der Waals surface area contributed by atoms with Crippen LogP contribution >= 0.6 is 0 Å². The molecule has 0 aromatic heterocycles. The summed E-state index contributed by atoms with van der Waals surface area (Å²) < 4.78 is 4.71. The van der Waals surface area contributed by atoms with Crippen LogP contribution in [-0.2, 0) is 14.3 Å². The van der Waals surface area contributed by atoms with E-state index in [9.17, 15) is 14.4 Å². The fraction of sp³-hybridized carbons (Fsp3) is 0.667. The summed E-state index contributed by atoms with van der Waals surface area (Å²) in [6.45, 7) is 10.3. The van der Waals surface area contributed by atoms with Crippen molar-refractivity contribution in [3.8, 4) is 0 Å². The fourth-order valence-electron chi connectivity index (χ4n) is 1.33. The van der Waals surface area contributed by atoms with Crippen LogP contribution in [0.25, 0.3) is 0 Å². The zero-order valence-electron chi connectivity index (χ0n) is 13.7. The predicted molar refractivity (Wildman–Crippen MR) is 84.3 cm³/mol. The molecule has 0 bridgehead atoms. The number of ether oxygens (including phenoxy) is 1.